The van der Waals surface area contributed by atoms with Gasteiger partial charge in [0.25, 0.3) is 0 Å². The van der Waals surface area contributed by atoms with Crippen molar-refractivity contribution < 1.29 is 4.42 Å². The van der Waals surface area contributed by atoms with E-state index in [1.807, 2.05) is 12.1 Å². The van der Waals surface area contributed by atoms with Crippen molar-refractivity contribution in [1.82, 2.24) is 0 Å². The lowest BCUT2D eigenvalue weighted by atomic mass is 9.84. The molecule has 56 heavy (non-hydrogen) atoms. The number of hydrogen-bond donors (Lipinski definition) is 0. The highest BCUT2D eigenvalue weighted by Crippen LogP contribution is 2.50. The first-order valence-corrected chi connectivity index (χ1v) is 19.1. The first-order chi connectivity index (χ1) is 27.8. The van der Waals surface area contributed by atoms with Gasteiger partial charge in [-0.05, 0) is 80.9 Å². The highest BCUT2D eigenvalue weighted by molar-refractivity contribution is 6.08. The van der Waals surface area contributed by atoms with Crippen LogP contribution in [0.3, 0.4) is 0 Å². The van der Waals surface area contributed by atoms with Gasteiger partial charge >= 0.3 is 0 Å². The van der Waals surface area contributed by atoms with E-state index in [4.69, 9.17) is 4.42 Å². The molecule has 2 nitrogen and oxygen atoms in total. The van der Waals surface area contributed by atoms with Crippen LogP contribution in [0.1, 0.15) is 0 Å². The third kappa shape index (κ3) is 5.95. The van der Waals surface area contributed by atoms with Crippen LogP contribution in [0.5, 0.6) is 0 Å². The second-order valence-corrected chi connectivity index (χ2v) is 14.0. The fraction of sp³-hybridized carbons (Fsp3) is 0. The molecule has 0 bridgehead atoms. The third-order valence-electron chi connectivity index (χ3n) is 10.7. The molecule has 0 aliphatic carbocycles. The second-order valence-electron chi connectivity index (χ2n) is 14.0. The maximum Gasteiger partial charge on any atom is 0.135 e. The quantitative estimate of drug-likeness (QED) is 0.156. The molecule has 0 saturated carbocycles. The molecule has 0 saturated heterocycles. The van der Waals surface area contributed by atoms with Crippen molar-refractivity contribution in [2.45, 2.75) is 0 Å². The summed E-state index contributed by atoms with van der Waals surface area (Å²) in [5.41, 5.74) is 16.7. The number of para-hydroxylation sites is 3. The number of rotatable bonds is 8. The lowest BCUT2D eigenvalue weighted by Gasteiger charge is -2.30. The summed E-state index contributed by atoms with van der Waals surface area (Å²) in [7, 11) is 0. The molecule has 10 rings (SSSR count). The van der Waals surface area contributed by atoms with Crippen molar-refractivity contribution >= 4 is 39.0 Å². The monoisotopic (exact) mass is 715 g/mol. The molecule has 0 amide bonds. The molecule has 0 atom stereocenters. The summed E-state index contributed by atoms with van der Waals surface area (Å²) in [5.74, 6) is 0. The van der Waals surface area contributed by atoms with Crippen LogP contribution in [0, 0.1) is 0 Å². The van der Waals surface area contributed by atoms with E-state index in [0.29, 0.717) is 0 Å². The summed E-state index contributed by atoms with van der Waals surface area (Å²) >= 11 is 0. The number of benzene rings is 9. The molecule has 1 heterocycles. The fourth-order valence-corrected chi connectivity index (χ4v) is 8.18. The molecular weight excluding hydrogens is 679 g/mol. The average Bonchev–Trinajstić information content (AvgIpc) is 3.66. The zero-order valence-electron chi connectivity index (χ0n) is 30.7. The van der Waals surface area contributed by atoms with E-state index in [0.717, 1.165) is 61.3 Å². The van der Waals surface area contributed by atoms with E-state index in [9.17, 15) is 0 Å². The van der Waals surface area contributed by atoms with Crippen molar-refractivity contribution in [3.8, 4) is 55.6 Å². The molecule has 0 radical (unpaired) electrons. The van der Waals surface area contributed by atoms with E-state index in [1.165, 1.54) is 33.4 Å². The van der Waals surface area contributed by atoms with Gasteiger partial charge in [-0.15, -0.1) is 0 Å². The topological polar surface area (TPSA) is 16.4 Å². The summed E-state index contributed by atoms with van der Waals surface area (Å²) in [5, 5.41) is 2.19. The van der Waals surface area contributed by atoms with Gasteiger partial charge in [0, 0.05) is 27.6 Å². The van der Waals surface area contributed by atoms with E-state index in [-0.39, 0.29) is 0 Å². The number of hydrogen-bond acceptors (Lipinski definition) is 2. The highest BCUT2D eigenvalue weighted by Gasteiger charge is 2.24. The third-order valence-corrected chi connectivity index (χ3v) is 10.7. The summed E-state index contributed by atoms with van der Waals surface area (Å²) in [6.45, 7) is 0. The lowest BCUT2D eigenvalue weighted by Crippen LogP contribution is -2.12. The first-order valence-electron chi connectivity index (χ1n) is 19.1. The SMILES string of the molecule is c1ccc(-c2ccccc2-c2c(-c3ccccc3)cccc2-c2ccccc2N(c2ccc3oc4ccccc4c3c2)c2ccccc2-c2ccccc2)cc1. The van der Waals surface area contributed by atoms with Gasteiger partial charge in [-0.3, -0.25) is 0 Å². The van der Waals surface area contributed by atoms with Gasteiger partial charge in [0.05, 0.1) is 11.4 Å². The van der Waals surface area contributed by atoms with E-state index >= 15 is 0 Å². The largest absolute Gasteiger partial charge is 0.456 e. The predicted octanol–water partition coefficient (Wildman–Crippen LogP) is 15.4. The van der Waals surface area contributed by atoms with Crippen LogP contribution in [0.2, 0.25) is 0 Å². The molecule has 264 valence electrons. The standard InChI is InChI=1S/C54H37NO/c1-4-19-38(20-5-1)42-25-10-11-29-47(42)54-44(40-23-8-3-9-24-40)30-18-31-48(54)45-27-13-16-33-51(45)55(50-32-15-12-26-43(50)39-21-6-2-7-22-39)41-35-36-53-49(37-41)46-28-14-17-34-52(46)56-53/h1-37H. The molecule has 0 aliphatic rings. The lowest BCUT2D eigenvalue weighted by molar-refractivity contribution is 0.669. The minimum absolute atomic E-state index is 0.870. The smallest absolute Gasteiger partial charge is 0.135 e. The van der Waals surface area contributed by atoms with Crippen LogP contribution < -0.4 is 4.90 Å². The molecule has 1 aromatic heterocycles. The maximum atomic E-state index is 6.33. The van der Waals surface area contributed by atoms with Crippen molar-refractivity contribution in [2.75, 3.05) is 4.90 Å². The molecule has 0 unspecified atom stereocenters. The van der Waals surface area contributed by atoms with Crippen LogP contribution in [0.15, 0.2) is 229 Å². The number of furan rings is 1. The molecule has 9 aromatic carbocycles. The second kappa shape index (κ2) is 14.4. The van der Waals surface area contributed by atoms with E-state index < -0.39 is 0 Å². The predicted molar refractivity (Wildman–Crippen MR) is 236 cm³/mol. The van der Waals surface area contributed by atoms with Crippen molar-refractivity contribution in [3.63, 3.8) is 0 Å². The van der Waals surface area contributed by atoms with Gasteiger partial charge in [0.15, 0.2) is 0 Å². The van der Waals surface area contributed by atoms with Gasteiger partial charge in [0.2, 0.25) is 0 Å². The molecule has 0 N–H and O–H groups in total. The van der Waals surface area contributed by atoms with Crippen molar-refractivity contribution in [3.05, 3.63) is 224 Å². The molecular formula is C54H37NO. The van der Waals surface area contributed by atoms with E-state index in [2.05, 4.69) is 217 Å². The van der Waals surface area contributed by atoms with Crippen LogP contribution in [0.25, 0.3) is 77.6 Å². The highest BCUT2D eigenvalue weighted by atomic mass is 16.3. The summed E-state index contributed by atoms with van der Waals surface area (Å²) < 4.78 is 6.33. The minimum Gasteiger partial charge on any atom is -0.456 e. The zero-order chi connectivity index (χ0) is 37.3. The Morgan fingerprint density at radius 1 is 0.286 bits per heavy atom. The van der Waals surface area contributed by atoms with Crippen LogP contribution in [-0.2, 0) is 0 Å². The normalized spacial score (nSPS) is 11.2. The molecule has 0 spiro atoms. The van der Waals surface area contributed by atoms with Gasteiger partial charge in [-0.25, -0.2) is 0 Å². The van der Waals surface area contributed by atoms with Crippen molar-refractivity contribution in [1.29, 1.82) is 0 Å². The van der Waals surface area contributed by atoms with E-state index in [1.54, 1.807) is 0 Å². The van der Waals surface area contributed by atoms with Gasteiger partial charge < -0.3 is 9.32 Å². The van der Waals surface area contributed by atoms with Crippen LogP contribution >= 0.6 is 0 Å². The Labute approximate surface area is 327 Å². The number of fused-ring (bicyclic) bond motifs is 3. The molecule has 0 aliphatic heterocycles. The Kier molecular flexibility index (Phi) is 8.55. The first kappa shape index (κ1) is 33.2. The van der Waals surface area contributed by atoms with Crippen LogP contribution in [0.4, 0.5) is 17.1 Å². The van der Waals surface area contributed by atoms with Crippen molar-refractivity contribution in [2.24, 2.45) is 0 Å². The van der Waals surface area contributed by atoms with Crippen LogP contribution in [-0.4, -0.2) is 0 Å². The Hall–Kier alpha value is -7.42. The summed E-state index contributed by atoms with van der Waals surface area (Å²) in [4.78, 5) is 2.43. The number of nitrogens with zero attached hydrogens (tertiary/aromatic N) is 1. The van der Waals surface area contributed by atoms with Gasteiger partial charge in [-0.2, -0.15) is 0 Å². The Morgan fingerprint density at radius 2 is 0.750 bits per heavy atom. The summed E-state index contributed by atoms with van der Waals surface area (Å²) in [6, 6.07) is 80.2. The fourth-order valence-electron chi connectivity index (χ4n) is 8.18. The minimum atomic E-state index is 0.870. The average molecular weight is 716 g/mol. The Bertz CT molecular complexity index is 2960. The number of anilines is 3. The zero-order valence-corrected chi connectivity index (χ0v) is 30.7. The Morgan fingerprint density at radius 3 is 1.45 bits per heavy atom. The molecule has 2 heteroatoms. The van der Waals surface area contributed by atoms with Gasteiger partial charge in [0.1, 0.15) is 11.2 Å². The maximum absolute atomic E-state index is 6.33. The Balaban J connectivity index is 1.27. The van der Waals surface area contributed by atoms with Gasteiger partial charge in [-0.1, -0.05) is 188 Å². The molecule has 10 aromatic rings. The summed E-state index contributed by atoms with van der Waals surface area (Å²) in [6.07, 6.45) is 0. The molecule has 0 fully saturated rings.